The Hall–Kier alpha value is -0.0800. The first-order valence-electron chi connectivity index (χ1n) is 2.86. The highest BCUT2D eigenvalue weighted by Gasteiger charge is 1.82. The number of hydrogen-bond donors (Lipinski definition) is 1. The van der Waals surface area contributed by atoms with Crippen LogP contribution in [0, 0.1) is 0 Å². The fraction of sp³-hybridized carbons (Fsp3) is 0.429. The van der Waals surface area contributed by atoms with Gasteiger partial charge < -0.3 is 5.11 Å². The van der Waals surface area contributed by atoms with Crippen molar-refractivity contribution in [2.75, 3.05) is 6.61 Å². The lowest BCUT2D eigenvalue weighted by Gasteiger charge is -1.88. The summed E-state index contributed by atoms with van der Waals surface area (Å²) in [6.45, 7) is 3.81. The second-order valence-corrected chi connectivity index (χ2v) is 2.83. The van der Waals surface area contributed by atoms with Crippen LogP contribution in [0.5, 0.6) is 0 Å². The minimum atomic E-state index is 0.134. The highest BCUT2D eigenvalue weighted by molar-refractivity contribution is 9.11. The van der Waals surface area contributed by atoms with E-state index in [4.69, 9.17) is 5.11 Å². The molecule has 0 aliphatic heterocycles. The summed E-state index contributed by atoms with van der Waals surface area (Å²) in [5, 5.41) is 8.31. The van der Waals surface area contributed by atoms with Crippen molar-refractivity contribution in [2.45, 2.75) is 12.8 Å². The number of aliphatic hydroxyl groups excluding tert-OH is 1. The maximum atomic E-state index is 8.31. The van der Waals surface area contributed by atoms with E-state index >= 15 is 0 Å². The van der Waals surface area contributed by atoms with E-state index in [-0.39, 0.29) is 6.61 Å². The quantitative estimate of drug-likeness (QED) is 0.675. The van der Waals surface area contributed by atoms with Crippen LogP contribution in [0.3, 0.4) is 0 Å². The lowest BCUT2D eigenvalue weighted by atomic mass is 10.3. The van der Waals surface area contributed by atoms with Gasteiger partial charge in [0.2, 0.25) is 0 Å². The van der Waals surface area contributed by atoms with Gasteiger partial charge in [-0.2, -0.15) is 0 Å². The molecule has 0 unspecified atom stereocenters. The molecule has 0 aliphatic rings. The Labute approximate surface area is 64.2 Å². The topological polar surface area (TPSA) is 20.2 Å². The fourth-order valence-corrected chi connectivity index (χ4v) is 0.661. The molecular formula is C7H11BrO. The van der Waals surface area contributed by atoms with Crippen molar-refractivity contribution in [1.29, 1.82) is 0 Å². The molecule has 0 aromatic carbocycles. The van der Waals surface area contributed by atoms with Crippen LogP contribution in [0.2, 0.25) is 0 Å². The number of rotatable bonds is 4. The molecule has 0 bridgehead atoms. The molecular weight excluding hydrogens is 180 g/mol. The summed E-state index contributed by atoms with van der Waals surface area (Å²) in [4.78, 5) is 0. The van der Waals surface area contributed by atoms with Crippen LogP contribution in [-0.2, 0) is 0 Å². The molecule has 1 N–H and O–H groups in total. The molecule has 0 aromatic rings. The summed E-state index contributed by atoms with van der Waals surface area (Å²) in [6, 6.07) is 0. The predicted octanol–water partition coefficient (Wildman–Crippen LogP) is 2.22. The van der Waals surface area contributed by atoms with Gasteiger partial charge in [-0.25, -0.2) is 0 Å². The summed E-state index contributed by atoms with van der Waals surface area (Å²) in [7, 11) is 0. The van der Waals surface area contributed by atoms with Crippen LogP contribution in [0.1, 0.15) is 12.8 Å². The third kappa shape index (κ3) is 7.92. The molecule has 2 heteroatoms. The van der Waals surface area contributed by atoms with Gasteiger partial charge >= 0.3 is 0 Å². The molecule has 1 nitrogen and oxygen atoms in total. The van der Waals surface area contributed by atoms with Crippen LogP contribution in [-0.4, -0.2) is 11.7 Å². The van der Waals surface area contributed by atoms with Gasteiger partial charge in [-0.15, -0.1) is 0 Å². The second-order valence-electron chi connectivity index (χ2n) is 1.71. The van der Waals surface area contributed by atoms with E-state index < -0.39 is 0 Å². The molecule has 0 rings (SSSR count). The first-order valence-corrected chi connectivity index (χ1v) is 3.66. The predicted molar refractivity (Wildman–Crippen MR) is 43.5 cm³/mol. The molecule has 0 atom stereocenters. The molecule has 52 valence electrons. The minimum Gasteiger partial charge on any atom is -0.392 e. The maximum Gasteiger partial charge on any atom is 0.0612 e. The van der Waals surface area contributed by atoms with E-state index in [2.05, 4.69) is 22.5 Å². The Morgan fingerprint density at radius 2 is 2.22 bits per heavy atom. The average molecular weight is 191 g/mol. The summed E-state index contributed by atoms with van der Waals surface area (Å²) < 4.78 is 1.00. The van der Waals surface area contributed by atoms with E-state index in [1.165, 1.54) is 0 Å². The Balaban J connectivity index is 3.09. The Morgan fingerprint density at radius 1 is 1.56 bits per heavy atom. The molecule has 0 fully saturated rings. The van der Waals surface area contributed by atoms with Crippen molar-refractivity contribution in [2.24, 2.45) is 0 Å². The average Bonchev–Trinajstić information content (AvgIpc) is 1.80. The van der Waals surface area contributed by atoms with Gasteiger partial charge in [-0.05, 0) is 17.3 Å². The summed E-state index contributed by atoms with van der Waals surface area (Å²) in [5.74, 6) is 0. The highest BCUT2D eigenvalue weighted by atomic mass is 79.9. The van der Waals surface area contributed by atoms with Gasteiger partial charge in [0.15, 0.2) is 0 Å². The molecule has 0 radical (unpaired) electrons. The number of allylic oxidation sites excluding steroid dienone is 2. The molecule has 9 heavy (non-hydrogen) atoms. The van der Waals surface area contributed by atoms with Crippen LogP contribution in [0.25, 0.3) is 0 Å². The Bertz CT molecular complexity index is 107. The standard InChI is InChI=1S/C7H11BrO/c1-7(8)5-3-2-4-6-9/h2,4,9H,1,3,5-6H2. The van der Waals surface area contributed by atoms with E-state index in [1.54, 1.807) is 6.08 Å². The van der Waals surface area contributed by atoms with Gasteiger partial charge in [0.25, 0.3) is 0 Å². The van der Waals surface area contributed by atoms with Crippen LogP contribution >= 0.6 is 15.9 Å². The molecule has 0 spiro atoms. The third-order valence-corrected chi connectivity index (χ3v) is 1.25. The lowest BCUT2D eigenvalue weighted by molar-refractivity contribution is 0.342. The Kier molecular flexibility index (Phi) is 5.99. The lowest BCUT2D eigenvalue weighted by Crippen LogP contribution is -1.72. The van der Waals surface area contributed by atoms with E-state index in [1.807, 2.05) is 6.08 Å². The zero-order chi connectivity index (χ0) is 7.11. The second kappa shape index (κ2) is 6.05. The van der Waals surface area contributed by atoms with Gasteiger partial charge in [-0.1, -0.05) is 34.7 Å². The smallest absolute Gasteiger partial charge is 0.0612 e. The summed E-state index contributed by atoms with van der Waals surface area (Å²) in [6.07, 6.45) is 5.56. The van der Waals surface area contributed by atoms with E-state index in [0.29, 0.717) is 0 Å². The number of halogens is 1. The zero-order valence-corrected chi connectivity index (χ0v) is 6.89. The van der Waals surface area contributed by atoms with Crippen molar-refractivity contribution in [3.05, 3.63) is 23.2 Å². The number of aliphatic hydroxyl groups is 1. The van der Waals surface area contributed by atoms with Crippen molar-refractivity contribution in [3.63, 3.8) is 0 Å². The zero-order valence-electron chi connectivity index (χ0n) is 5.31. The molecule has 0 amide bonds. The molecule has 0 heterocycles. The monoisotopic (exact) mass is 190 g/mol. The van der Waals surface area contributed by atoms with Crippen molar-refractivity contribution in [1.82, 2.24) is 0 Å². The SMILES string of the molecule is C=C(Br)CCC=CCO. The van der Waals surface area contributed by atoms with Gasteiger partial charge in [0.05, 0.1) is 6.61 Å². The fourth-order valence-electron chi connectivity index (χ4n) is 0.432. The molecule has 0 aliphatic carbocycles. The third-order valence-electron chi connectivity index (χ3n) is 0.854. The van der Waals surface area contributed by atoms with Crippen LogP contribution < -0.4 is 0 Å². The minimum absolute atomic E-state index is 0.134. The van der Waals surface area contributed by atoms with Gasteiger partial charge in [-0.3, -0.25) is 0 Å². The first kappa shape index (κ1) is 8.92. The van der Waals surface area contributed by atoms with Gasteiger partial charge in [0.1, 0.15) is 0 Å². The maximum absolute atomic E-state index is 8.31. The summed E-state index contributed by atoms with van der Waals surface area (Å²) >= 11 is 3.24. The number of hydrogen-bond acceptors (Lipinski definition) is 1. The Morgan fingerprint density at radius 3 is 2.67 bits per heavy atom. The van der Waals surface area contributed by atoms with Crippen molar-refractivity contribution in [3.8, 4) is 0 Å². The van der Waals surface area contributed by atoms with Gasteiger partial charge in [0, 0.05) is 0 Å². The summed E-state index contributed by atoms with van der Waals surface area (Å²) in [5.41, 5.74) is 0. The van der Waals surface area contributed by atoms with E-state index in [0.717, 1.165) is 17.3 Å². The molecule has 0 saturated heterocycles. The highest BCUT2D eigenvalue weighted by Crippen LogP contribution is 2.08. The van der Waals surface area contributed by atoms with Crippen LogP contribution in [0.15, 0.2) is 23.2 Å². The van der Waals surface area contributed by atoms with Crippen molar-refractivity contribution >= 4 is 15.9 Å². The first-order chi connectivity index (χ1) is 4.27. The molecule has 0 aromatic heterocycles. The van der Waals surface area contributed by atoms with Crippen LogP contribution in [0.4, 0.5) is 0 Å². The molecule has 0 saturated carbocycles. The normalized spacial score (nSPS) is 10.4. The van der Waals surface area contributed by atoms with E-state index in [9.17, 15) is 0 Å². The largest absolute Gasteiger partial charge is 0.392 e. The van der Waals surface area contributed by atoms with Crippen molar-refractivity contribution < 1.29 is 5.11 Å².